The third-order valence-electron chi connectivity index (χ3n) is 1.83. The highest BCUT2D eigenvalue weighted by atomic mass is 32.2. The van der Waals surface area contributed by atoms with Crippen LogP contribution in [0.4, 0.5) is 0 Å². The molecule has 4 heteroatoms. The Kier molecular flexibility index (Phi) is 5.04. The Morgan fingerprint density at radius 3 is 3.07 bits per heavy atom. The van der Waals surface area contributed by atoms with Crippen molar-refractivity contribution in [2.75, 3.05) is 19.0 Å². The molecule has 0 aromatic heterocycles. The van der Waals surface area contributed by atoms with Gasteiger partial charge in [0.25, 0.3) is 0 Å². The second-order valence-corrected chi connectivity index (χ2v) is 4.54. The SMILES string of the molecule is C=C(C)C(=O)OC1COCCCCS1. The van der Waals surface area contributed by atoms with Crippen molar-refractivity contribution in [3.05, 3.63) is 12.2 Å². The van der Waals surface area contributed by atoms with Crippen LogP contribution in [0.25, 0.3) is 0 Å². The third kappa shape index (κ3) is 4.15. The average molecular weight is 216 g/mol. The second kappa shape index (κ2) is 6.09. The number of hydrogen-bond acceptors (Lipinski definition) is 4. The molecule has 1 saturated heterocycles. The van der Waals surface area contributed by atoms with Gasteiger partial charge in [0, 0.05) is 12.2 Å². The van der Waals surface area contributed by atoms with Crippen LogP contribution in [0, 0.1) is 0 Å². The third-order valence-corrected chi connectivity index (χ3v) is 2.96. The first-order valence-electron chi connectivity index (χ1n) is 4.76. The molecule has 1 aliphatic heterocycles. The summed E-state index contributed by atoms with van der Waals surface area (Å²) in [6, 6.07) is 0. The Morgan fingerprint density at radius 1 is 1.57 bits per heavy atom. The molecule has 1 atom stereocenters. The largest absolute Gasteiger partial charge is 0.445 e. The molecule has 0 saturated carbocycles. The van der Waals surface area contributed by atoms with Crippen LogP contribution in [-0.4, -0.2) is 30.4 Å². The highest BCUT2D eigenvalue weighted by molar-refractivity contribution is 7.99. The van der Waals surface area contributed by atoms with E-state index in [9.17, 15) is 4.79 Å². The molecule has 0 spiro atoms. The molecule has 0 amide bonds. The zero-order valence-corrected chi connectivity index (χ0v) is 9.27. The van der Waals surface area contributed by atoms with Crippen molar-refractivity contribution in [1.29, 1.82) is 0 Å². The molecule has 0 aromatic carbocycles. The van der Waals surface area contributed by atoms with Crippen LogP contribution in [0.15, 0.2) is 12.2 Å². The molecule has 1 fully saturated rings. The number of thioether (sulfide) groups is 1. The van der Waals surface area contributed by atoms with Crippen LogP contribution in [-0.2, 0) is 14.3 Å². The van der Waals surface area contributed by atoms with Gasteiger partial charge < -0.3 is 9.47 Å². The second-order valence-electron chi connectivity index (χ2n) is 3.27. The topological polar surface area (TPSA) is 35.5 Å². The van der Waals surface area contributed by atoms with Gasteiger partial charge in [0.2, 0.25) is 0 Å². The van der Waals surface area contributed by atoms with Gasteiger partial charge >= 0.3 is 5.97 Å². The van der Waals surface area contributed by atoms with Gasteiger partial charge in [0.15, 0.2) is 5.44 Å². The van der Waals surface area contributed by atoms with Crippen molar-refractivity contribution in [2.24, 2.45) is 0 Å². The fourth-order valence-corrected chi connectivity index (χ4v) is 2.02. The lowest BCUT2D eigenvalue weighted by Gasteiger charge is -2.19. The van der Waals surface area contributed by atoms with E-state index in [0.29, 0.717) is 12.2 Å². The first-order chi connectivity index (χ1) is 6.70. The van der Waals surface area contributed by atoms with Gasteiger partial charge in [0.05, 0.1) is 6.61 Å². The van der Waals surface area contributed by atoms with E-state index >= 15 is 0 Å². The summed E-state index contributed by atoms with van der Waals surface area (Å²) in [5.74, 6) is 0.698. The van der Waals surface area contributed by atoms with E-state index in [1.165, 1.54) is 0 Å². The minimum absolute atomic E-state index is 0.167. The van der Waals surface area contributed by atoms with Gasteiger partial charge in [-0.1, -0.05) is 6.58 Å². The molecule has 1 rings (SSSR count). The van der Waals surface area contributed by atoms with E-state index in [0.717, 1.165) is 25.2 Å². The van der Waals surface area contributed by atoms with Gasteiger partial charge in [-0.25, -0.2) is 4.79 Å². The van der Waals surface area contributed by atoms with Crippen LogP contribution in [0.3, 0.4) is 0 Å². The summed E-state index contributed by atoms with van der Waals surface area (Å²) in [6.07, 6.45) is 2.21. The smallest absolute Gasteiger partial charge is 0.334 e. The van der Waals surface area contributed by atoms with E-state index in [-0.39, 0.29) is 11.4 Å². The first kappa shape index (κ1) is 11.6. The van der Waals surface area contributed by atoms with Gasteiger partial charge in [0.1, 0.15) is 0 Å². The Labute approximate surface area is 88.8 Å². The van der Waals surface area contributed by atoms with Crippen LogP contribution in [0.2, 0.25) is 0 Å². The summed E-state index contributed by atoms with van der Waals surface area (Å²) in [6.45, 7) is 6.44. The predicted molar refractivity (Wildman–Crippen MR) is 57.2 cm³/mol. The summed E-state index contributed by atoms with van der Waals surface area (Å²) in [5, 5.41) is 0. The van der Waals surface area contributed by atoms with Gasteiger partial charge in [-0.2, -0.15) is 0 Å². The lowest BCUT2D eigenvalue weighted by atomic mass is 10.3. The zero-order chi connectivity index (χ0) is 10.4. The Bertz CT molecular complexity index is 207. The molecule has 0 N–H and O–H groups in total. The molecule has 1 aliphatic rings. The average Bonchev–Trinajstić information content (AvgIpc) is 2.08. The monoisotopic (exact) mass is 216 g/mol. The van der Waals surface area contributed by atoms with Crippen molar-refractivity contribution < 1.29 is 14.3 Å². The molecule has 0 aromatic rings. The zero-order valence-electron chi connectivity index (χ0n) is 8.45. The minimum Gasteiger partial charge on any atom is -0.445 e. The summed E-state index contributed by atoms with van der Waals surface area (Å²) in [5.41, 5.74) is 0.271. The standard InChI is InChI=1S/C10H16O3S/c1-8(2)10(11)13-9-7-12-5-3-4-6-14-9/h9H,1,3-7H2,2H3. The van der Waals surface area contributed by atoms with Crippen LogP contribution < -0.4 is 0 Å². The Balaban J connectivity index is 2.33. The molecule has 0 aliphatic carbocycles. The number of carbonyl (C=O) groups is 1. The Hall–Kier alpha value is -0.480. The maximum Gasteiger partial charge on any atom is 0.334 e. The van der Waals surface area contributed by atoms with Crippen molar-refractivity contribution in [3.63, 3.8) is 0 Å². The summed E-state index contributed by atoms with van der Waals surface area (Å²) in [4.78, 5) is 11.2. The number of carbonyl (C=O) groups excluding carboxylic acids is 1. The molecule has 3 nitrogen and oxygen atoms in total. The number of ether oxygens (including phenoxy) is 2. The van der Waals surface area contributed by atoms with E-state index in [2.05, 4.69) is 6.58 Å². The predicted octanol–water partition coefficient (Wildman–Crippen LogP) is 1.98. The minimum atomic E-state index is -0.327. The summed E-state index contributed by atoms with van der Waals surface area (Å²) >= 11 is 1.63. The van der Waals surface area contributed by atoms with Gasteiger partial charge in [-0.15, -0.1) is 11.8 Å². The van der Waals surface area contributed by atoms with Crippen LogP contribution in [0.5, 0.6) is 0 Å². The highest BCUT2D eigenvalue weighted by Gasteiger charge is 2.16. The fraction of sp³-hybridized carbons (Fsp3) is 0.700. The molecule has 0 radical (unpaired) electrons. The number of hydrogen-bond donors (Lipinski definition) is 0. The Morgan fingerprint density at radius 2 is 2.36 bits per heavy atom. The number of esters is 1. The first-order valence-corrected chi connectivity index (χ1v) is 5.81. The normalized spacial score (nSPS) is 23.4. The van der Waals surface area contributed by atoms with E-state index in [1.54, 1.807) is 18.7 Å². The molecule has 1 unspecified atom stereocenters. The quantitative estimate of drug-likeness (QED) is 0.522. The maximum atomic E-state index is 11.2. The van der Waals surface area contributed by atoms with Gasteiger partial charge in [-0.3, -0.25) is 0 Å². The van der Waals surface area contributed by atoms with Crippen LogP contribution in [0.1, 0.15) is 19.8 Å². The van der Waals surface area contributed by atoms with Crippen LogP contribution >= 0.6 is 11.8 Å². The molecule has 0 bridgehead atoms. The lowest BCUT2D eigenvalue weighted by Crippen LogP contribution is -2.23. The van der Waals surface area contributed by atoms with E-state index in [4.69, 9.17) is 9.47 Å². The molecule has 14 heavy (non-hydrogen) atoms. The fourth-order valence-electron chi connectivity index (χ4n) is 1.04. The van der Waals surface area contributed by atoms with E-state index in [1.807, 2.05) is 0 Å². The lowest BCUT2D eigenvalue weighted by molar-refractivity contribution is -0.142. The molecule has 1 heterocycles. The van der Waals surface area contributed by atoms with Crippen molar-refractivity contribution >= 4 is 17.7 Å². The molecular weight excluding hydrogens is 200 g/mol. The summed E-state index contributed by atoms with van der Waals surface area (Å²) in [7, 11) is 0. The van der Waals surface area contributed by atoms with Crippen molar-refractivity contribution in [1.82, 2.24) is 0 Å². The number of rotatable bonds is 2. The van der Waals surface area contributed by atoms with Gasteiger partial charge in [-0.05, 0) is 25.5 Å². The molecule has 80 valence electrons. The van der Waals surface area contributed by atoms with E-state index < -0.39 is 0 Å². The highest BCUT2D eigenvalue weighted by Crippen LogP contribution is 2.18. The molecular formula is C10H16O3S. The summed E-state index contributed by atoms with van der Waals surface area (Å²) < 4.78 is 10.5. The maximum absolute atomic E-state index is 11.2. The van der Waals surface area contributed by atoms with Crippen molar-refractivity contribution in [3.8, 4) is 0 Å². The van der Waals surface area contributed by atoms with Crippen molar-refractivity contribution in [2.45, 2.75) is 25.2 Å².